The summed E-state index contributed by atoms with van der Waals surface area (Å²) < 4.78 is 86.4. The number of rotatable bonds is 5. The molecule has 0 aromatic heterocycles. The molecule has 9 heteroatoms. The van der Waals surface area contributed by atoms with E-state index in [4.69, 9.17) is 5.73 Å². The monoisotopic (exact) mass is 305 g/mol. The van der Waals surface area contributed by atoms with Gasteiger partial charge in [-0.2, -0.15) is 30.7 Å². The van der Waals surface area contributed by atoms with Crippen LogP contribution in [0.15, 0.2) is 0 Å². The Morgan fingerprint density at radius 2 is 1.28 bits per heavy atom. The van der Waals surface area contributed by atoms with E-state index in [9.17, 15) is 30.7 Å². The summed E-state index contributed by atoms with van der Waals surface area (Å²) >= 11 is 0. The Labute approximate surface area is 106 Å². The van der Waals surface area contributed by atoms with Gasteiger partial charge in [0.2, 0.25) is 0 Å². The minimum atomic E-state index is -6.31. The lowest BCUT2D eigenvalue weighted by Gasteiger charge is -2.32. The van der Waals surface area contributed by atoms with Crippen LogP contribution in [0, 0.1) is 5.92 Å². The van der Waals surface area contributed by atoms with Crippen LogP contribution < -0.4 is 5.73 Å². The van der Waals surface area contributed by atoms with E-state index in [1.165, 1.54) is 0 Å². The van der Waals surface area contributed by atoms with Gasteiger partial charge in [-0.25, -0.2) is 0 Å². The largest absolute Gasteiger partial charge is 0.459 e. The summed E-state index contributed by atoms with van der Waals surface area (Å²) in [6.45, 7) is 3.24. The quantitative estimate of drug-likeness (QED) is 0.763. The first-order valence-electron chi connectivity index (χ1n) is 4.92. The highest BCUT2D eigenvalue weighted by atomic mass is 35.5. The second kappa shape index (κ2) is 6.27. The van der Waals surface area contributed by atoms with Crippen molar-refractivity contribution in [1.29, 1.82) is 0 Å². The number of hydrogen-bond acceptors (Lipinski definition) is 1. The third-order valence-electron chi connectivity index (χ3n) is 2.30. The first kappa shape index (κ1) is 20.1. The van der Waals surface area contributed by atoms with Gasteiger partial charge < -0.3 is 5.73 Å². The van der Waals surface area contributed by atoms with E-state index in [-0.39, 0.29) is 24.7 Å². The molecule has 2 N–H and O–H groups in total. The minimum absolute atomic E-state index is 0. The third kappa shape index (κ3) is 4.15. The number of alkyl halides is 7. The number of halogens is 8. The van der Waals surface area contributed by atoms with Crippen molar-refractivity contribution in [2.45, 2.75) is 50.8 Å². The molecule has 0 bridgehead atoms. The second-order valence-electron chi connectivity index (χ2n) is 4.27. The van der Waals surface area contributed by atoms with Crippen molar-refractivity contribution in [2.75, 3.05) is 0 Å². The van der Waals surface area contributed by atoms with Gasteiger partial charge in [-0.3, -0.25) is 0 Å². The van der Waals surface area contributed by atoms with Gasteiger partial charge in [0.15, 0.2) is 0 Å². The zero-order valence-electron chi connectivity index (χ0n) is 9.70. The first-order chi connectivity index (χ1) is 7.34. The Morgan fingerprint density at radius 1 is 0.889 bits per heavy atom. The molecule has 0 fully saturated rings. The molecule has 0 aliphatic heterocycles. The fourth-order valence-corrected chi connectivity index (χ4v) is 1.12. The molecule has 0 aromatic rings. The molecule has 0 aliphatic carbocycles. The summed E-state index contributed by atoms with van der Waals surface area (Å²) in [5.74, 6) is -11.5. The molecule has 112 valence electrons. The van der Waals surface area contributed by atoms with E-state index in [2.05, 4.69) is 0 Å². The van der Waals surface area contributed by atoms with Crippen molar-refractivity contribution in [3.63, 3.8) is 0 Å². The summed E-state index contributed by atoms with van der Waals surface area (Å²) in [6.07, 6.45) is -6.87. The topological polar surface area (TPSA) is 26.0 Å². The van der Waals surface area contributed by atoms with E-state index in [0.29, 0.717) is 0 Å². The Bertz CT molecular complexity index is 252. The molecule has 1 atom stereocenters. The lowest BCUT2D eigenvalue weighted by atomic mass is 9.95. The van der Waals surface area contributed by atoms with Gasteiger partial charge in [0.1, 0.15) is 0 Å². The van der Waals surface area contributed by atoms with E-state index >= 15 is 0 Å². The fraction of sp³-hybridized carbons (Fsp3) is 1.00. The summed E-state index contributed by atoms with van der Waals surface area (Å²) in [4.78, 5) is 0. The van der Waals surface area contributed by atoms with Crippen molar-refractivity contribution in [3.8, 4) is 0 Å². The van der Waals surface area contributed by atoms with Crippen LogP contribution >= 0.6 is 12.4 Å². The van der Waals surface area contributed by atoms with Gasteiger partial charge in [-0.1, -0.05) is 13.8 Å². The number of hydrogen-bond donors (Lipinski definition) is 1. The molecule has 0 rings (SSSR count). The van der Waals surface area contributed by atoms with Crippen LogP contribution in [0.25, 0.3) is 0 Å². The lowest BCUT2D eigenvalue weighted by Crippen LogP contribution is -2.60. The summed E-state index contributed by atoms with van der Waals surface area (Å²) in [5.41, 5.74) is 4.75. The molecule has 0 aliphatic rings. The molecule has 0 saturated carbocycles. The summed E-state index contributed by atoms with van der Waals surface area (Å²) in [6, 6.07) is -2.53. The summed E-state index contributed by atoms with van der Waals surface area (Å²) in [5, 5.41) is 0. The second-order valence-corrected chi connectivity index (χ2v) is 4.27. The van der Waals surface area contributed by atoms with Gasteiger partial charge in [-0.15, -0.1) is 12.4 Å². The average molecular weight is 306 g/mol. The van der Waals surface area contributed by atoms with Crippen LogP contribution in [0.4, 0.5) is 30.7 Å². The van der Waals surface area contributed by atoms with Crippen molar-refractivity contribution < 1.29 is 30.7 Å². The molecule has 18 heavy (non-hydrogen) atoms. The van der Waals surface area contributed by atoms with Crippen molar-refractivity contribution in [2.24, 2.45) is 11.7 Å². The van der Waals surface area contributed by atoms with E-state index in [1.54, 1.807) is 13.8 Å². The smallest absolute Gasteiger partial charge is 0.322 e. The molecule has 0 radical (unpaired) electrons. The maximum absolute atomic E-state index is 12.9. The van der Waals surface area contributed by atoms with E-state index in [1.807, 2.05) is 0 Å². The Balaban J connectivity index is 0. The predicted octanol–water partition coefficient (Wildman–Crippen LogP) is 4.00. The molecular formula is C9H15ClF7N. The Kier molecular flexibility index (Phi) is 7.00. The first-order valence-corrected chi connectivity index (χ1v) is 4.92. The van der Waals surface area contributed by atoms with Gasteiger partial charge in [0, 0.05) is 0 Å². The van der Waals surface area contributed by atoms with Gasteiger partial charge >= 0.3 is 18.0 Å². The SMILES string of the molecule is CC(C)CC[C@@H](N)C(F)(F)C(F)(F)C(F)(F)F.Cl. The highest BCUT2D eigenvalue weighted by molar-refractivity contribution is 5.85. The van der Waals surface area contributed by atoms with Gasteiger partial charge in [0.05, 0.1) is 6.04 Å². The van der Waals surface area contributed by atoms with E-state index < -0.39 is 30.5 Å². The number of nitrogens with two attached hydrogens (primary N) is 1. The maximum Gasteiger partial charge on any atom is 0.459 e. The molecule has 1 nitrogen and oxygen atoms in total. The highest BCUT2D eigenvalue weighted by Gasteiger charge is 2.74. The average Bonchev–Trinajstić information content (AvgIpc) is 2.11. The Hall–Kier alpha value is -0.240. The van der Waals surface area contributed by atoms with Crippen molar-refractivity contribution in [3.05, 3.63) is 0 Å². The van der Waals surface area contributed by atoms with Gasteiger partial charge in [-0.05, 0) is 18.8 Å². The van der Waals surface area contributed by atoms with Crippen LogP contribution in [0.5, 0.6) is 0 Å². The molecule has 0 aromatic carbocycles. The normalized spacial score (nSPS) is 15.5. The molecule has 0 heterocycles. The summed E-state index contributed by atoms with van der Waals surface area (Å²) in [7, 11) is 0. The lowest BCUT2D eigenvalue weighted by molar-refractivity contribution is -0.358. The third-order valence-corrected chi connectivity index (χ3v) is 2.30. The molecule has 0 unspecified atom stereocenters. The zero-order chi connectivity index (χ0) is 14.1. The van der Waals surface area contributed by atoms with Crippen LogP contribution in [-0.4, -0.2) is 24.1 Å². The fourth-order valence-electron chi connectivity index (χ4n) is 1.12. The standard InChI is InChI=1S/C9H14F7N.ClH/c1-5(2)3-4-6(17)7(10,11)8(12,13)9(14,15)16;/h5-6H,3-4,17H2,1-2H3;1H/t6-;/m1./s1. The molecule has 0 saturated heterocycles. The van der Waals surface area contributed by atoms with Crippen LogP contribution in [0.2, 0.25) is 0 Å². The molecular weight excluding hydrogens is 291 g/mol. The van der Waals surface area contributed by atoms with Crippen LogP contribution in [-0.2, 0) is 0 Å². The van der Waals surface area contributed by atoms with E-state index in [0.717, 1.165) is 0 Å². The van der Waals surface area contributed by atoms with Crippen molar-refractivity contribution >= 4 is 12.4 Å². The van der Waals surface area contributed by atoms with Crippen LogP contribution in [0.3, 0.4) is 0 Å². The predicted molar refractivity (Wildman–Crippen MR) is 55.2 cm³/mol. The zero-order valence-corrected chi connectivity index (χ0v) is 10.5. The van der Waals surface area contributed by atoms with Crippen molar-refractivity contribution in [1.82, 2.24) is 0 Å². The van der Waals surface area contributed by atoms with Crippen LogP contribution in [0.1, 0.15) is 26.7 Å². The highest BCUT2D eigenvalue weighted by Crippen LogP contribution is 2.48. The minimum Gasteiger partial charge on any atom is -0.322 e. The Morgan fingerprint density at radius 3 is 1.56 bits per heavy atom. The van der Waals surface area contributed by atoms with Gasteiger partial charge in [0.25, 0.3) is 0 Å². The molecule has 0 spiro atoms. The molecule has 0 amide bonds. The maximum atomic E-state index is 12.9.